The lowest BCUT2D eigenvalue weighted by Crippen LogP contribution is -2.28. The van der Waals surface area contributed by atoms with Crippen molar-refractivity contribution in [1.29, 1.82) is 0 Å². The highest BCUT2D eigenvalue weighted by Crippen LogP contribution is 2.23. The minimum Gasteiger partial charge on any atom is -0.376 e. The molecule has 1 aliphatic heterocycles. The largest absolute Gasteiger partial charge is 0.376 e. The molecule has 0 aromatic carbocycles. The molecule has 1 aliphatic rings. The minimum atomic E-state index is 0.390. The third-order valence-electron chi connectivity index (χ3n) is 2.92. The summed E-state index contributed by atoms with van der Waals surface area (Å²) in [5, 5.41) is 4.41. The fourth-order valence-corrected chi connectivity index (χ4v) is 2.83. The summed E-state index contributed by atoms with van der Waals surface area (Å²) in [5.74, 6) is 0. The van der Waals surface area contributed by atoms with Crippen LogP contribution in [0.15, 0.2) is 6.20 Å². The fourth-order valence-electron chi connectivity index (χ4n) is 1.98. The number of thiazole rings is 1. The Kier molecular flexibility index (Phi) is 4.76. The van der Waals surface area contributed by atoms with Crippen LogP contribution in [0.4, 0.5) is 5.13 Å². The zero-order chi connectivity index (χ0) is 12.1. The van der Waals surface area contributed by atoms with Crippen LogP contribution in [0.1, 0.15) is 24.6 Å². The van der Waals surface area contributed by atoms with Gasteiger partial charge in [0.1, 0.15) is 0 Å². The third-order valence-corrected chi connectivity index (χ3v) is 4.03. The number of rotatable bonds is 6. The van der Waals surface area contributed by atoms with Gasteiger partial charge in [0.15, 0.2) is 5.13 Å². The number of aromatic nitrogens is 1. The highest BCUT2D eigenvalue weighted by atomic mass is 32.1. The van der Waals surface area contributed by atoms with Crippen LogP contribution in [0.5, 0.6) is 0 Å². The van der Waals surface area contributed by atoms with E-state index in [0.717, 1.165) is 31.4 Å². The molecule has 0 spiro atoms. The molecule has 0 saturated carbocycles. The molecule has 1 unspecified atom stereocenters. The highest BCUT2D eigenvalue weighted by Gasteiger charge is 2.18. The molecule has 17 heavy (non-hydrogen) atoms. The van der Waals surface area contributed by atoms with Gasteiger partial charge in [-0.2, -0.15) is 0 Å². The first-order valence-corrected chi connectivity index (χ1v) is 7.09. The standard InChI is InChI=1S/C12H21N3OS/c1-3-13-7-11-8-14-12(17-11)15(2)9-10-5-4-6-16-10/h8,10,13H,3-7,9H2,1-2H3. The zero-order valence-electron chi connectivity index (χ0n) is 10.6. The van der Waals surface area contributed by atoms with E-state index < -0.39 is 0 Å². The van der Waals surface area contributed by atoms with E-state index in [4.69, 9.17) is 4.74 Å². The van der Waals surface area contributed by atoms with Crippen molar-refractivity contribution < 1.29 is 4.74 Å². The molecule has 5 heteroatoms. The Morgan fingerprint density at radius 3 is 3.24 bits per heavy atom. The van der Waals surface area contributed by atoms with E-state index in [2.05, 4.69) is 29.2 Å². The van der Waals surface area contributed by atoms with Gasteiger partial charge in [-0.1, -0.05) is 6.92 Å². The van der Waals surface area contributed by atoms with Crippen LogP contribution >= 0.6 is 11.3 Å². The van der Waals surface area contributed by atoms with Crippen LogP contribution in [0, 0.1) is 0 Å². The lowest BCUT2D eigenvalue weighted by molar-refractivity contribution is 0.116. The maximum atomic E-state index is 5.64. The van der Waals surface area contributed by atoms with E-state index in [9.17, 15) is 0 Å². The molecule has 1 saturated heterocycles. The van der Waals surface area contributed by atoms with Gasteiger partial charge in [0.2, 0.25) is 0 Å². The van der Waals surface area contributed by atoms with Crippen LogP contribution in [0.2, 0.25) is 0 Å². The molecule has 1 aromatic heterocycles. The number of likely N-dealkylation sites (N-methyl/N-ethyl adjacent to an activating group) is 1. The van der Waals surface area contributed by atoms with Crippen molar-refractivity contribution in [3.05, 3.63) is 11.1 Å². The van der Waals surface area contributed by atoms with Gasteiger partial charge < -0.3 is 15.0 Å². The Morgan fingerprint density at radius 1 is 1.65 bits per heavy atom. The molecule has 0 aliphatic carbocycles. The summed E-state index contributed by atoms with van der Waals surface area (Å²) in [6, 6.07) is 0. The van der Waals surface area contributed by atoms with Crippen molar-refractivity contribution in [3.8, 4) is 0 Å². The Bertz CT molecular complexity index is 336. The SMILES string of the molecule is CCNCc1cnc(N(C)CC2CCCO2)s1. The van der Waals surface area contributed by atoms with Gasteiger partial charge in [-0.15, -0.1) is 11.3 Å². The van der Waals surface area contributed by atoms with Crippen molar-refractivity contribution in [2.24, 2.45) is 0 Å². The van der Waals surface area contributed by atoms with Crippen molar-refractivity contribution in [1.82, 2.24) is 10.3 Å². The van der Waals surface area contributed by atoms with Gasteiger partial charge in [-0.05, 0) is 19.4 Å². The fraction of sp³-hybridized carbons (Fsp3) is 0.750. The quantitative estimate of drug-likeness (QED) is 0.842. The topological polar surface area (TPSA) is 37.4 Å². The normalized spacial score (nSPS) is 19.8. The highest BCUT2D eigenvalue weighted by molar-refractivity contribution is 7.15. The van der Waals surface area contributed by atoms with Crippen LogP contribution in [0.3, 0.4) is 0 Å². The van der Waals surface area contributed by atoms with E-state index in [1.165, 1.54) is 17.7 Å². The third kappa shape index (κ3) is 3.66. The molecular formula is C12H21N3OS. The smallest absolute Gasteiger partial charge is 0.185 e. The van der Waals surface area contributed by atoms with Gasteiger partial charge in [-0.3, -0.25) is 0 Å². The summed E-state index contributed by atoms with van der Waals surface area (Å²) >= 11 is 1.76. The van der Waals surface area contributed by atoms with Crippen molar-refractivity contribution in [2.75, 3.05) is 31.6 Å². The van der Waals surface area contributed by atoms with Crippen LogP contribution in [-0.2, 0) is 11.3 Å². The Hall–Kier alpha value is -0.650. The number of hydrogen-bond acceptors (Lipinski definition) is 5. The maximum Gasteiger partial charge on any atom is 0.185 e. The van der Waals surface area contributed by atoms with Crippen LogP contribution in [-0.4, -0.2) is 37.8 Å². The van der Waals surface area contributed by atoms with Gasteiger partial charge in [0.25, 0.3) is 0 Å². The Labute approximate surface area is 107 Å². The molecule has 0 bridgehead atoms. The molecular weight excluding hydrogens is 234 g/mol. The molecule has 0 radical (unpaired) electrons. The summed E-state index contributed by atoms with van der Waals surface area (Å²) in [6.07, 6.45) is 4.73. The number of nitrogens with one attached hydrogen (secondary N) is 1. The first-order chi connectivity index (χ1) is 8.29. The van der Waals surface area contributed by atoms with Crippen molar-refractivity contribution in [2.45, 2.75) is 32.4 Å². The van der Waals surface area contributed by atoms with Gasteiger partial charge >= 0.3 is 0 Å². The lowest BCUT2D eigenvalue weighted by Gasteiger charge is -2.19. The summed E-state index contributed by atoms with van der Waals surface area (Å²) in [4.78, 5) is 7.96. The Balaban J connectivity index is 1.85. The summed E-state index contributed by atoms with van der Waals surface area (Å²) in [7, 11) is 2.09. The minimum absolute atomic E-state index is 0.390. The average molecular weight is 255 g/mol. The van der Waals surface area contributed by atoms with Gasteiger partial charge in [-0.25, -0.2) is 4.98 Å². The molecule has 1 N–H and O–H groups in total. The first-order valence-electron chi connectivity index (χ1n) is 6.27. The van der Waals surface area contributed by atoms with E-state index >= 15 is 0 Å². The molecule has 1 fully saturated rings. The molecule has 1 aromatic rings. The monoisotopic (exact) mass is 255 g/mol. The van der Waals surface area contributed by atoms with Crippen LogP contribution < -0.4 is 10.2 Å². The van der Waals surface area contributed by atoms with Gasteiger partial charge in [0.05, 0.1) is 6.10 Å². The number of nitrogens with zero attached hydrogens (tertiary/aromatic N) is 2. The zero-order valence-corrected chi connectivity index (χ0v) is 11.4. The predicted octanol–water partition coefficient (Wildman–Crippen LogP) is 1.87. The second-order valence-electron chi connectivity index (χ2n) is 4.41. The number of ether oxygens (including phenoxy) is 1. The van der Waals surface area contributed by atoms with Gasteiger partial charge in [0, 0.05) is 37.8 Å². The number of hydrogen-bond donors (Lipinski definition) is 1. The molecule has 96 valence electrons. The molecule has 4 nitrogen and oxygen atoms in total. The molecule has 2 rings (SSSR count). The van der Waals surface area contributed by atoms with E-state index in [1.807, 2.05) is 6.20 Å². The summed E-state index contributed by atoms with van der Waals surface area (Å²) in [6.45, 7) is 5.91. The molecule has 2 heterocycles. The van der Waals surface area contributed by atoms with E-state index in [1.54, 1.807) is 11.3 Å². The molecule has 1 atom stereocenters. The van der Waals surface area contributed by atoms with E-state index in [0.29, 0.717) is 6.10 Å². The molecule has 0 amide bonds. The lowest BCUT2D eigenvalue weighted by atomic mass is 10.2. The first kappa shape index (κ1) is 12.8. The Morgan fingerprint density at radius 2 is 2.53 bits per heavy atom. The maximum absolute atomic E-state index is 5.64. The van der Waals surface area contributed by atoms with Crippen molar-refractivity contribution in [3.63, 3.8) is 0 Å². The van der Waals surface area contributed by atoms with Crippen molar-refractivity contribution >= 4 is 16.5 Å². The number of anilines is 1. The summed E-state index contributed by atoms with van der Waals surface area (Å²) < 4.78 is 5.64. The van der Waals surface area contributed by atoms with Crippen LogP contribution in [0.25, 0.3) is 0 Å². The van der Waals surface area contributed by atoms with E-state index in [-0.39, 0.29) is 0 Å². The predicted molar refractivity (Wildman–Crippen MR) is 71.7 cm³/mol. The average Bonchev–Trinajstić information content (AvgIpc) is 2.96. The second kappa shape index (κ2) is 6.33. The summed E-state index contributed by atoms with van der Waals surface area (Å²) in [5.41, 5.74) is 0. The second-order valence-corrected chi connectivity index (χ2v) is 5.50.